The van der Waals surface area contributed by atoms with Crippen molar-refractivity contribution in [2.45, 2.75) is 12.8 Å². The molecular weight excluding hydrogens is 262 g/mol. The standard InChI is InChI=1S/C16H14F2O2/c1-20-16-9-5-12(10-14(16)18)15(19)8-4-11-2-6-13(17)7-3-11/h2-3,5-7,9-10H,4,8H2,1H3. The van der Waals surface area contributed by atoms with Gasteiger partial charge in [0.05, 0.1) is 7.11 Å². The van der Waals surface area contributed by atoms with E-state index in [1.54, 1.807) is 12.1 Å². The van der Waals surface area contributed by atoms with Gasteiger partial charge in [0.2, 0.25) is 0 Å². The van der Waals surface area contributed by atoms with Crippen LogP contribution >= 0.6 is 0 Å². The summed E-state index contributed by atoms with van der Waals surface area (Å²) < 4.78 is 31.0. The molecule has 0 saturated carbocycles. The van der Waals surface area contributed by atoms with Crippen LogP contribution in [0.25, 0.3) is 0 Å². The zero-order chi connectivity index (χ0) is 14.5. The van der Waals surface area contributed by atoms with Gasteiger partial charge in [-0.2, -0.15) is 0 Å². The van der Waals surface area contributed by atoms with E-state index in [-0.39, 0.29) is 23.8 Å². The van der Waals surface area contributed by atoms with E-state index in [1.165, 1.54) is 37.4 Å². The van der Waals surface area contributed by atoms with Gasteiger partial charge in [-0.05, 0) is 42.3 Å². The maximum atomic E-state index is 13.5. The largest absolute Gasteiger partial charge is 0.494 e. The van der Waals surface area contributed by atoms with Crippen molar-refractivity contribution < 1.29 is 18.3 Å². The van der Waals surface area contributed by atoms with Crippen molar-refractivity contribution in [2.75, 3.05) is 7.11 Å². The fourth-order valence-electron chi connectivity index (χ4n) is 1.89. The monoisotopic (exact) mass is 276 g/mol. The van der Waals surface area contributed by atoms with Gasteiger partial charge in [0.15, 0.2) is 17.3 Å². The summed E-state index contributed by atoms with van der Waals surface area (Å²) >= 11 is 0. The van der Waals surface area contributed by atoms with Gasteiger partial charge in [-0.1, -0.05) is 12.1 Å². The molecule has 0 aliphatic heterocycles. The second-order valence-electron chi connectivity index (χ2n) is 4.40. The number of Topliss-reactive ketones (excluding diaryl/α,β-unsaturated/α-hetero) is 1. The summed E-state index contributed by atoms with van der Waals surface area (Å²) in [6, 6.07) is 10.1. The first kappa shape index (κ1) is 14.2. The first-order valence-corrected chi connectivity index (χ1v) is 6.21. The Hall–Kier alpha value is -2.23. The topological polar surface area (TPSA) is 26.3 Å². The van der Waals surface area contributed by atoms with Gasteiger partial charge in [0, 0.05) is 12.0 Å². The number of ether oxygens (including phenoxy) is 1. The Bertz CT molecular complexity index is 606. The molecule has 0 unspecified atom stereocenters. The number of aryl methyl sites for hydroxylation is 1. The van der Waals surface area contributed by atoms with Gasteiger partial charge < -0.3 is 4.74 Å². The highest BCUT2D eigenvalue weighted by Crippen LogP contribution is 2.19. The summed E-state index contributed by atoms with van der Waals surface area (Å²) in [7, 11) is 1.37. The van der Waals surface area contributed by atoms with Crippen molar-refractivity contribution in [3.8, 4) is 5.75 Å². The average Bonchev–Trinajstić information content (AvgIpc) is 2.46. The third kappa shape index (κ3) is 3.41. The molecule has 2 aromatic rings. The van der Waals surface area contributed by atoms with Crippen molar-refractivity contribution in [3.05, 3.63) is 65.2 Å². The first-order valence-electron chi connectivity index (χ1n) is 6.21. The van der Waals surface area contributed by atoms with Gasteiger partial charge >= 0.3 is 0 Å². The summed E-state index contributed by atoms with van der Waals surface area (Å²) in [6.45, 7) is 0. The Morgan fingerprint density at radius 2 is 1.80 bits per heavy atom. The molecule has 4 heteroatoms. The number of methoxy groups -OCH3 is 1. The third-order valence-electron chi connectivity index (χ3n) is 3.03. The summed E-state index contributed by atoms with van der Waals surface area (Å²) in [4.78, 5) is 12.0. The Morgan fingerprint density at radius 3 is 2.40 bits per heavy atom. The fourth-order valence-corrected chi connectivity index (χ4v) is 1.89. The Labute approximate surface area is 116 Å². The van der Waals surface area contributed by atoms with Crippen molar-refractivity contribution in [3.63, 3.8) is 0 Å². The second kappa shape index (κ2) is 6.28. The van der Waals surface area contributed by atoms with E-state index in [2.05, 4.69) is 0 Å². The van der Waals surface area contributed by atoms with Crippen molar-refractivity contribution >= 4 is 5.78 Å². The van der Waals surface area contributed by atoms with E-state index >= 15 is 0 Å². The van der Waals surface area contributed by atoms with Crippen LogP contribution in [0.2, 0.25) is 0 Å². The SMILES string of the molecule is COc1ccc(C(=O)CCc2ccc(F)cc2)cc1F. The van der Waals surface area contributed by atoms with Gasteiger partial charge in [-0.15, -0.1) is 0 Å². The lowest BCUT2D eigenvalue weighted by atomic mass is 10.0. The molecule has 0 atom stereocenters. The molecule has 0 N–H and O–H groups in total. The molecule has 2 nitrogen and oxygen atoms in total. The van der Waals surface area contributed by atoms with Crippen LogP contribution in [-0.2, 0) is 6.42 Å². The Balaban J connectivity index is 2.01. The number of hydrogen-bond donors (Lipinski definition) is 0. The normalized spacial score (nSPS) is 10.3. The van der Waals surface area contributed by atoms with Crippen LogP contribution in [0.4, 0.5) is 8.78 Å². The molecule has 20 heavy (non-hydrogen) atoms. The highest BCUT2D eigenvalue weighted by Gasteiger charge is 2.10. The average molecular weight is 276 g/mol. The predicted molar refractivity (Wildman–Crippen MR) is 72.0 cm³/mol. The minimum Gasteiger partial charge on any atom is -0.494 e. The third-order valence-corrected chi connectivity index (χ3v) is 3.03. The number of halogens is 2. The molecule has 0 amide bonds. The highest BCUT2D eigenvalue weighted by atomic mass is 19.1. The molecule has 2 rings (SSSR count). The molecule has 0 aromatic heterocycles. The van der Waals surface area contributed by atoms with Crippen LogP contribution < -0.4 is 4.74 Å². The number of rotatable bonds is 5. The van der Waals surface area contributed by atoms with Crippen molar-refractivity contribution in [1.29, 1.82) is 0 Å². The van der Waals surface area contributed by atoms with Gasteiger partial charge in [0.1, 0.15) is 5.82 Å². The molecule has 104 valence electrons. The zero-order valence-corrected chi connectivity index (χ0v) is 11.0. The van der Waals surface area contributed by atoms with E-state index in [9.17, 15) is 13.6 Å². The van der Waals surface area contributed by atoms with Crippen LogP contribution in [0.15, 0.2) is 42.5 Å². The van der Waals surface area contributed by atoms with Crippen molar-refractivity contribution in [1.82, 2.24) is 0 Å². The number of carbonyl (C=O) groups is 1. The van der Waals surface area contributed by atoms with E-state index < -0.39 is 5.82 Å². The fraction of sp³-hybridized carbons (Fsp3) is 0.188. The minimum atomic E-state index is -0.555. The maximum absolute atomic E-state index is 13.5. The van der Waals surface area contributed by atoms with E-state index in [1.807, 2.05) is 0 Å². The second-order valence-corrected chi connectivity index (χ2v) is 4.40. The molecule has 0 spiro atoms. The van der Waals surface area contributed by atoms with E-state index in [0.717, 1.165) is 5.56 Å². The summed E-state index contributed by atoms with van der Waals surface area (Å²) in [5, 5.41) is 0. The molecule has 0 fully saturated rings. The van der Waals surface area contributed by atoms with Gasteiger partial charge in [-0.25, -0.2) is 8.78 Å². The van der Waals surface area contributed by atoms with E-state index in [0.29, 0.717) is 12.0 Å². The Kier molecular flexibility index (Phi) is 4.45. The van der Waals surface area contributed by atoms with Crippen LogP contribution in [0.3, 0.4) is 0 Å². The Morgan fingerprint density at radius 1 is 1.10 bits per heavy atom. The van der Waals surface area contributed by atoms with Crippen molar-refractivity contribution in [2.24, 2.45) is 0 Å². The molecule has 2 aromatic carbocycles. The summed E-state index contributed by atoms with van der Waals surface area (Å²) in [5.41, 5.74) is 1.18. The maximum Gasteiger partial charge on any atom is 0.165 e. The molecule has 0 aliphatic carbocycles. The quantitative estimate of drug-likeness (QED) is 0.777. The van der Waals surface area contributed by atoms with Crippen LogP contribution in [0, 0.1) is 11.6 Å². The lowest BCUT2D eigenvalue weighted by molar-refractivity contribution is 0.0982. The van der Waals surface area contributed by atoms with Crippen LogP contribution in [-0.4, -0.2) is 12.9 Å². The zero-order valence-electron chi connectivity index (χ0n) is 11.0. The number of hydrogen-bond acceptors (Lipinski definition) is 2. The summed E-state index contributed by atoms with van der Waals surface area (Å²) in [5.74, 6) is -0.909. The number of carbonyl (C=O) groups excluding carboxylic acids is 1. The highest BCUT2D eigenvalue weighted by molar-refractivity contribution is 5.96. The molecule has 0 heterocycles. The van der Waals surface area contributed by atoms with Gasteiger partial charge in [0.25, 0.3) is 0 Å². The lowest BCUT2D eigenvalue weighted by Crippen LogP contribution is -2.02. The lowest BCUT2D eigenvalue weighted by Gasteiger charge is -2.05. The number of ketones is 1. The molecule has 0 radical (unpaired) electrons. The molecule has 0 aliphatic rings. The van der Waals surface area contributed by atoms with Crippen LogP contribution in [0.5, 0.6) is 5.75 Å². The van der Waals surface area contributed by atoms with Crippen LogP contribution in [0.1, 0.15) is 22.3 Å². The van der Waals surface area contributed by atoms with Gasteiger partial charge in [-0.3, -0.25) is 4.79 Å². The summed E-state index contributed by atoms with van der Waals surface area (Å²) in [6.07, 6.45) is 0.740. The molecule has 0 saturated heterocycles. The molecular formula is C16H14F2O2. The molecule has 0 bridgehead atoms. The number of benzene rings is 2. The minimum absolute atomic E-state index is 0.111. The first-order chi connectivity index (χ1) is 9.60. The van der Waals surface area contributed by atoms with E-state index in [4.69, 9.17) is 4.74 Å². The smallest absolute Gasteiger partial charge is 0.165 e. The predicted octanol–water partition coefficient (Wildman–Crippen LogP) is 3.79.